The average Bonchev–Trinajstić information content (AvgIpc) is 2.47. The fourth-order valence-electron chi connectivity index (χ4n) is 2.53. The minimum absolute atomic E-state index is 0.231. The molecule has 0 saturated carbocycles. The van der Waals surface area contributed by atoms with Crippen molar-refractivity contribution in [3.63, 3.8) is 0 Å². The lowest BCUT2D eigenvalue weighted by Crippen LogP contribution is -2.00. The van der Waals surface area contributed by atoms with Gasteiger partial charge in [-0.2, -0.15) is 0 Å². The molecule has 0 bridgehead atoms. The van der Waals surface area contributed by atoms with E-state index in [1.54, 1.807) is 0 Å². The van der Waals surface area contributed by atoms with E-state index in [2.05, 4.69) is 6.92 Å². The second kappa shape index (κ2) is 7.44. The minimum Gasteiger partial charge on any atom is -0.294 e. The fraction of sp³-hybridized carbons (Fsp3) is 0.389. The van der Waals surface area contributed by atoms with Crippen LogP contribution in [0.25, 0.3) is 10.8 Å². The molecule has 0 amide bonds. The molecule has 0 aliphatic carbocycles. The summed E-state index contributed by atoms with van der Waals surface area (Å²) >= 11 is 6.18. The van der Waals surface area contributed by atoms with Crippen molar-refractivity contribution < 1.29 is 4.79 Å². The summed E-state index contributed by atoms with van der Waals surface area (Å²) in [5, 5.41) is 2.64. The molecule has 0 radical (unpaired) electrons. The molecule has 20 heavy (non-hydrogen) atoms. The van der Waals surface area contributed by atoms with Crippen LogP contribution in [0.3, 0.4) is 0 Å². The van der Waals surface area contributed by atoms with Crippen LogP contribution >= 0.6 is 11.6 Å². The molecule has 0 saturated heterocycles. The summed E-state index contributed by atoms with van der Waals surface area (Å²) in [6.45, 7) is 2.20. The van der Waals surface area contributed by atoms with E-state index in [4.69, 9.17) is 11.6 Å². The van der Waals surface area contributed by atoms with Crippen LogP contribution < -0.4 is 0 Å². The number of Topliss-reactive ketones (excluding diaryl/α,β-unsaturated/α-hetero) is 1. The van der Waals surface area contributed by atoms with Crippen molar-refractivity contribution in [1.29, 1.82) is 0 Å². The second-order valence-corrected chi connectivity index (χ2v) is 5.64. The average molecular weight is 289 g/mol. The predicted molar refractivity (Wildman–Crippen MR) is 86.7 cm³/mol. The third kappa shape index (κ3) is 3.61. The zero-order valence-corrected chi connectivity index (χ0v) is 12.7. The Morgan fingerprint density at radius 3 is 2.40 bits per heavy atom. The number of unbranched alkanes of at least 4 members (excludes halogenated alkanes) is 4. The van der Waals surface area contributed by atoms with Crippen molar-refractivity contribution in [2.75, 3.05) is 0 Å². The lowest BCUT2D eigenvalue weighted by Gasteiger charge is -2.07. The first-order chi connectivity index (χ1) is 9.74. The van der Waals surface area contributed by atoms with Gasteiger partial charge < -0.3 is 0 Å². The zero-order chi connectivity index (χ0) is 14.4. The molecule has 2 aromatic rings. The molecule has 0 aliphatic heterocycles. The monoisotopic (exact) mass is 288 g/mol. The van der Waals surface area contributed by atoms with Crippen LogP contribution in [0.2, 0.25) is 5.02 Å². The Bertz CT molecular complexity index is 589. The summed E-state index contributed by atoms with van der Waals surface area (Å²) in [6, 6.07) is 11.5. The van der Waals surface area contributed by atoms with Gasteiger partial charge >= 0.3 is 0 Å². The Labute approximate surface area is 125 Å². The second-order valence-electron chi connectivity index (χ2n) is 5.23. The SMILES string of the molecule is CCCCCCCC(=O)c1ccc(Cl)c2ccccc12. The van der Waals surface area contributed by atoms with Gasteiger partial charge in [-0.3, -0.25) is 4.79 Å². The van der Waals surface area contributed by atoms with E-state index in [1.807, 2.05) is 36.4 Å². The van der Waals surface area contributed by atoms with Crippen molar-refractivity contribution in [1.82, 2.24) is 0 Å². The summed E-state index contributed by atoms with van der Waals surface area (Å²) in [7, 11) is 0. The topological polar surface area (TPSA) is 17.1 Å². The van der Waals surface area contributed by atoms with Crippen molar-refractivity contribution in [3.8, 4) is 0 Å². The third-order valence-electron chi connectivity index (χ3n) is 3.68. The highest BCUT2D eigenvalue weighted by atomic mass is 35.5. The molecule has 0 spiro atoms. The fourth-order valence-corrected chi connectivity index (χ4v) is 2.76. The van der Waals surface area contributed by atoms with Gasteiger partial charge in [0.15, 0.2) is 5.78 Å². The van der Waals surface area contributed by atoms with Gasteiger partial charge in [-0.1, -0.05) is 68.5 Å². The number of hydrogen-bond acceptors (Lipinski definition) is 1. The van der Waals surface area contributed by atoms with E-state index in [9.17, 15) is 4.79 Å². The van der Waals surface area contributed by atoms with Crippen LogP contribution in [0, 0.1) is 0 Å². The number of carbonyl (C=O) groups is 1. The predicted octanol–water partition coefficient (Wildman–Crippen LogP) is 6.04. The van der Waals surface area contributed by atoms with Gasteiger partial charge in [-0.15, -0.1) is 0 Å². The number of carbonyl (C=O) groups excluding carboxylic acids is 1. The Morgan fingerprint density at radius 1 is 0.950 bits per heavy atom. The van der Waals surface area contributed by atoms with Crippen LogP contribution in [0.5, 0.6) is 0 Å². The van der Waals surface area contributed by atoms with Gasteiger partial charge in [0.25, 0.3) is 0 Å². The zero-order valence-electron chi connectivity index (χ0n) is 12.0. The molecule has 0 fully saturated rings. The van der Waals surface area contributed by atoms with E-state index in [1.165, 1.54) is 19.3 Å². The largest absolute Gasteiger partial charge is 0.294 e. The molecule has 0 heterocycles. The Kier molecular flexibility index (Phi) is 5.60. The Hall–Kier alpha value is -1.34. The highest BCUT2D eigenvalue weighted by molar-refractivity contribution is 6.36. The lowest BCUT2D eigenvalue weighted by molar-refractivity contribution is 0.0980. The van der Waals surface area contributed by atoms with Crippen molar-refractivity contribution in [3.05, 3.63) is 47.0 Å². The number of rotatable bonds is 7. The van der Waals surface area contributed by atoms with E-state index in [-0.39, 0.29) is 5.78 Å². The van der Waals surface area contributed by atoms with Crippen LogP contribution in [0.15, 0.2) is 36.4 Å². The van der Waals surface area contributed by atoms with Crippen molar-refractivity contribution >= 4 is 28.2 Å². The maximum atomic E-state index is 12.4. The summed E-state index contributed by atoms with van der Waals surface area (Å²) < 4.78 is 0. The van der Waals surface area contributed by atoms with E-state index in [0.717, 1.165) is 29.2 Å². The standard InChI is InChI=1S/C18H21ClO/c1-2-3-4-5-6-11-18(20)16-12-13-17(19)15-10-8-7-9-14(15)16/h7-10,12-13H,2-6,11H2,1H3. The number of hydrogen-bond donors (Lipinski definition) is 0. The van der Waals surface area contributed by atoms with Gasteiger partial charge in [-0.05, 0) is 23.9 Å². The maximum Gasteiger partial charge on any atom is 0.163 e. The minimum atomic E-state index is 0.231. The van der Waals surface area contributed by atoms with Crippen LogP contribution in [-0.4, -0.2) is 5.78 Å². The molecule has 0 unspecified atom stereocenters. The highest BCUT2D eigenvalue weighted by Gasteiger charge is 2.11. The Morgan fingerprint density at radius 2 is 1.65 bits per heavy atom. The summed E-state index contributed by atoms with van der Waals surface area (Å²) in [4.78, 5) is 12.4. The van der Waals surface area contributed by atoms with Gasteiger partial charge in [0.1, 0.15) is 0 Å². The quantitative estimate of drug-likeness (QED) is 0.448. The van der Waals surface area contributed by atoms with Crippen LogP contribution in [0.1, 0.15) is 55.8 Å². The van der Waals surface area contributed by atoms with Gasteiger partial charge in [0, 0.05) is 22.4 Å². The number of halogens is 1. The molecule has 2 heteroatoms. The number of ketones is 1. The smallest absolute Gasteiger partial charge is 0.163 e. The molecule has 2 rings (SSSR count). The molecule has 1 nitrogen and oxygen atoms in total. The third-order valence-corrected chi connectivity index (χ3v) is 4.01. The summed E-state index contributed by atoms with van der Waals surface area (Å²) in [6.07, 6.45) is 6.48. The molecule has 106 valence electrons. The van der Waals surface area contributed by atoms with Gasteiger partial charge in [0.2, 0.25) is 0 Å². The molecule has 2 aromatic carbocycles. The summed E-state index contributed by atoms with van der Waals surface area (Å²) in [5.74, 6) is 0.231. The van der Waals surface area contributed by atoms with Crippen molar-refractivity contribution in [2.45, 2.75) is 45.4 Å². The first-order valence-corrected chi connectivity index (χ1v) is 7.82. The molecule has 0 aliphatic rings. The van der Waals surface area contributed by atoms with Crippen LogP contribution in [0.4, 0.5) is 0 Å². The van der Waals surface area contributed by atoms with Gasteiger partial charge in [0.05, 0.1) is 0 Å². The normalized spacial score (nSPS) is 10.9. The molecule has 0 N–H and O–H groups in total. The van der Waals surface area contributed by atoms with E-state index in [0.29, 0.717) is 11.4 Å². The highest BCUT2D eigenvalue weighted by Crippen LogP contribution is 2.27. The van der Waals surface area contributed by atoms with E-state index >= 15 is 0 Å². The molecule has 0 atom stereocenters. The van der Waals surface area contributed by atoms with Crippen LogP contribution in [-0.2, 0) is 0 Å². The lowest BCUT2D eigenvalue weighted by atomic mass is 9.98. The van der Waals surface area contributed by atoms with Gasteiger partial charge in [-0.25, -0.2) is 0 Å². The molecular weight excluding hydrogens is 268 g/mol. The first kappa shape index (κ1) is 15.1. The van der Waals surface area contributed by atoms with E-state index < -0.39 is 0 Å². The molecular formula is C18H21ClO. The molecule has 0 aromatic heterocycles. The Balaban J connectivity index is 2.09. The number of fused-ring (bicyclic) bond motifs is 1. The first-order valence-electron chi connectivity index (χ1n) is 7.44. The summed E-state index contributed by atoms with van der Waals surface area (Å²) in [5.41, 5.74) is 0.806. The number of benzene rings is 2. The van der Waals surface area contributed by atoms with Crippen molar-refractivity contribution in [2.24, 2.45) is 0 Å². The maximum absolute atomic E-state index is 12.4.